The van der Waals surface area contributed by atoms with Crippen LogP contribution in [0.15, 0.2) is 0 Å². The molecule has 0 amide bonds. The van der Waals surface area contributed by atoms with E-state index in [2.05, 4.69) is 44.8 Å². The quantitative estimate of drug-likeness (QED) is 0.780. The summed E-state index contributed by atoms with van der Waals surface area (Å²) in [5, 5.41) is 3.92. The lowest BCUT2D eigenvalue weighted by Crippen LogP contribution is -2.63. The largest absolute Gasteiger partial charge is 0.377 e. The summed E-state index contributed by atoms with van der Waals surface area (Å²) in [5.41, 5.74) is 0.287. The van der Waals surface area contributed by atoms with E-state index in [0.29, 0.717) is 24.1 Å². The van der Waals surface area contributed by atoms with Gasteiger partial charge in [0.25, 0.3) is 0 Å². The van der Waals surface area contributed by atoms with E-state index >= 15 is 0 Å². The summed E-state index contributed by atoms with van der Waals surface area (Å²) in [7, 11) is 0. The fourth-order valence-electron chi connectivity index (χ4n) is 3.68. The first-order chi connectivity index (χ1) is 9.93. The van der Waals surface area contributed by atoms with Gasteiger partial charge in [-0.25, -0.2) is 0 Å². The number of likely N-dealkylation sites (tertiary alicyclic amines) is 1. The monoisotopic (exact) mass is 296 g/mol. The zero-order valence-electron chi connectivity index (χ0n) is 14.8. The summed E-state index contributed by atoms with van der Waals surface area (Å²) < 4.78 is 6.07. The van der Waals surface area contributed by atoms with Crippen LogP contribution in [0.3, 0.4) is 0 Å². The number of nitrogens with zero attached hydrogens (tertiary/aromatic N) is 1. The SMILES string of the molecule is CCCN1CCC(NC2CC(OCC(C)C)C2(C)C)CC1. The Balaban J connectivity index is 1.70. The number of piperidine rings is 1. The average molecular weight is 296 g/mol. The van der Waals surface area contributed by atoms with Crippen molar-refractivity contribution in [2.24, 2.45) is 11.3 Å². The van der Waals surface area contributed by atoms with Crippen molar-refractivity contribution in [3.63, 3.8) is 0 Å². The van der Waals surface area contributed by atoms with E-state index in [1.165, 1.54) is 45.3 Å². The molecule has 0 spiro atoms. The molecule has 3 nitrogen and oxygen atoms in total. The van der Waals surface area contributed by atoms with Crippen LogP contribution in [0.4, 0.5) is 0 Å². The van der Waals surface area contributed by atoms with Crippen LogP contribution in [0.2, 0.25) is 0 Å². The smallest absolute Gasteiger partial charge is 0.0656 e. The summed E-state index contributed by atoms with van der Waals surface area (Å²) in [6.45, 7) is 16.2. The Morgan fingerprint density at radius 3 is 2.43 bits per heavy atom. The Morgan fingerprint density at radius 1 is 1.24 bits per heavy atom. The number of hydrogen-bond acceptors (Lipinski definition) is 3. The third-order valence-corrected chi connectivity index (χ3v) is 5.37. The van der Waals surface area contributed by atoms with E-state index in [1.807, 2.05) is 0 Å². The Labute approximate surface area is 131 Å². The predicted molar refractivity (Wildman–Crippen MR) is 89.7 cm³/mol. The Bertz CT molecular complexity index is 308. The highest BCUT2D eigenvalue weighted by molar-refractivity contribution is 5.04. The molecule has 1 heterocycles. The van der Waals surface area contributed by atoms with E-state index < -0.39 is 0 Å². The summed E-state index contributed by atoms with van der Waals surface area (Å²) in [4.78, 5) is 2.61. The van der Waals surface area contributed by atoms with Crippen LogP contribution in [-0.2, 0) is 4.74 Å². The lowest BCUT2D eigenvalue weighted by molar-refractivity contribution is -0.126. The van der Waals surface area contributed by atoms with Crippen LogP contribution in [-0.4, -0.2) is 49.3 Å². The molecule has 3 heteroatoms. The molecule has 0 aromatic rings. The second kappa shape index (κ2) is 7.43. The maximum Gasteiger partial charge on any atom is 0.0656 e. The number of nitrogens with one attached hydrogen (secondary N) is 1. The van der Waals surface area contributed by atoms with Gasteiger partial charge < -0.3 is 15.0 Å². The van der Waals surface area contributed by atoms with Gasteiger partial charge in [-0.15, -0.1) is 0 Å². The van der Waals surface area contributed by atoms with Crippen LogP contribution in [0, 0.1) is 11.3 Å². The molecule has 1 N–H and O–H groups in total. The number of ether oxygens (including phenoxy) is 1. The van der Waals surface area contributed by atoms with E-state index in [1.54, 1.807) is 0 Å². The van der Waals surface area contributed by atoms with Crippen LogP contribution in [0.25, 0.3) is 0 Å². The van der Waals surface area contributed by atoms with Gasteiger partial charge >= 0.3 is 0 Å². The van der Waals surface area contributed by atoms with Crippen molar-refractivity contribution in [1.29, 1.82) is 0 Å². The summed E-state index contributed by atoms with van der Waals surface area (Å²) in [6.07, 6.45) is 5.53. The van der Waals surface area contributed by atoms with E-state index in [-0.39, 0.29) is 5.41 Å². The lowest BCUT2D eigenvalue weighted by Gasteiger charge is -2.53. The average Bonchev–Trinajstić information content (AvgIpc) is 2.43. The van der Waals surface area contributed by atoms with Crippen molar-refractivity contribution in [3.8, 4) is 0 Å². The van der Waals surface area contributed by atoms with Gasteiger partial charge in [-0.1, -0.05) is 34.6 Å². The molecule has 1 saturated carbocycles. The summed E-state index contributed by atoms with van der Waals surface area (Å²) in [5.74, 6) is 0.635. The first kappa shape index (κ1) is 17.2. The highest BCUT2D eigenvalue weighted by Crippen LogP contribution is 2.43. The molecule has 1 aliphatic heterocycles. The second-order valence-electron chi connectivity index (χ2n) is 8.11. The fourth-order valence-corrected chi connectivity index (χ4v) is 3.68. The standard InChI is InChI=1S/C18H36N2O/c1-6-9-20-10-7-15(8-11-20)19-16-12-17(18(16,4)5)21-13-14(2)3/h14-17,19H,6-13H2,1-5H3. The van der Waals surface area contributed by atoms with E-state index in [0.717, 1.165) is 6.61 Å². The zero-order valence-corrected chi connectivity index (χ0v) is 14.8. The minimum Gasteiger partial charge on any atom is -0.377 e. The van der Waals surface area contributed by atoms with Crippen LogP contribution in [0.1, 0.15) is 60.3 Å². The Kier molecular flexibility index (Phi) is 6.10. The van der Waals surface area contributed by atoms with Gasteiger partial charge in [0.1, 0.15) is 0 Å². The number of hydrogen-bond donors (Lipinski definition) is 1. The fraction of sp³-hybridized carbons (Fsp3) is 1.00. The zero-order chi connectivity index (χ0) is 15.5. The van der Waals surface area contributed by atoms with Crippen molar-refractivity contribution < 1.29 is 4.74 Å². The Hall–Kier alpha value is -0.120. The molecule has 0 aromatic heterocycles. The lowest BCUT2D eigenvalue weighted by atomic mass is 9.64. The van der Waals surface area contributed by atoms with Gasteiger partial charge in [0.15, 0.2) is 0 Å². The van der Waals surface area contributed by atoms with Gasteiger partial charge in [0.2, 0.25) is 0 Å². The molecule has 1 aliphatic carbocycles. The summed E-state index contributed by atoms with van der Waals surface area (Å²) >= 11 is 0. The molecule has 0 aromatic carbocycles. The van der Waals surface area contributed by atoms with Gasteiger partial charge in [-0.2, -0.15) is 0 Å². The normalized spacial score (nSPS) is 30.6. The maximum atomic E-state index is 6.07. The minimum absolute atomic E-state index is 0.287. The minimum atomic E-state index is 0.287. The van der Waals surface area contributed by atoms with Crippen molar-refractivity contribution in [2.45, 2.75) is 78.5 Å². The van der Waals surface area contributed by atoms with Crippen LogP contribution >= 0.6 is 0 Å². The van der Waals surface area contributed by atoms with Gasteiger partial charge in [-0.3, -0.25) is 0 Å². The van der Waals surface area contributed by atoms with E-state index in [4.69, 9.17) is 4.74 Å². The molecule has 2 fully saturated rings. The first-order valence-corrected chi connectivity index (χ1v) is 9.03. The molecule has 2 aliphatic rings. The van der Waals surface area contributed by atoms with Crippen molar-refractivity contribution in [2.75, 3.05) is 26.2 Å². The van der Waals surface area contributed by atoms with E-state index in [9.17, 15) is 0 Å². The molecule has 0 bridgehead atoms. The molecule has 2 unspecified atom stereocenters. The topological polar surface area (TPSA) is 24.5 Å². The first-order valence-electron chi connectivity index (χ1n) is 9.03. The summed E-state index contributed by atoms with van der Waals surface area (Å²) in [6, 6.07) is 1.35. The number of rotatable bonds is 7. The van der Waals surface area contributed by atoms with Crippen LogP contribution in [0.5, 0.6) is 0 Å². The molecular weight excluding hydrogens is 260 g/mol. The highest BCUT2D eigenvalue weighted by atomic mass is 16.5. The van der Waals surface area contributed by atoms with Crippen molar-refractivity contribution >= 4 is 0 Å². The molecule has 0 radical (unpaired) electrons. The van der Waals surface area contributed by atoms with Crippen molar-refractivity contribution in [1.82, 2.24) is 10.2 Å². The Morgan fingerprint density at radius 2 is 1.90 bits per heavy atom. The van der Waals surface area contributed by atoms with Gasteiger partial charge in [0, 0.05) is 24.1 Å². The third kappa shape index (κ3) is 4.43. The maximum absolute atomic E-state index is 6.07. The second-order valence-corrected chi connectivity index (χ2v) is 8.11. The van der Waals surface area contributed by atoms with Gasteiger partial charge in [-0.05, 0) is 51.2 Å². The molecule has 1 saturated heterocycles. The third-order valence-electron chi connectivity index (χ3n) is 5.37. The molecule has 124 valence electrons. The predicted octanol–water partition coefficient (Wildman–Crippen LogP) is 3.29. The molecule has 2 rings (SSSR count). The van der Waals surface area contributed by atoms with Crippen molar-refractivity contribution in [3.05, 3.63) is 0 Å². The molecule has 2 atom stereocenters. The molecular formula is C18H36N2O. The van der Waals surface area contributed by atoms with Gasteiger partial charge in [0.05, 0.1) is 6.10 Å². The van der Waals surface area contributed by atoms with Crippen LogP contribution < -0.4 is 5.32 Å². The highest BCUT2D eigenvalue weighted by Gasteiger charge is 2.49. The molecule has 21 heavy (non-hydrogen) atoms.